The third-order valence-corrected chi connectivity index (χ3v) is 2.79. The Morgan fingerprint density at radius 3 is 2.60 bits per heavy atom. The molecule has 1 aromatic carbocycles. The smallest absolute Gasteiger partial charge is 0.0950 e. The van der Waals surface area contributed by atoms with Crippen LogP contribution in [0.5, 0.6) is 0 Å². The maximum absolute atomic E-state index is 3.84. The lowest BCUT2D eigenvalue weighted by Crippen LogP contribution is -2.22. The molecule has 1 heterocycles. The van der Waals surface area contributed by atoms with Crippen LogP contribution in [0.3, 0.4) is 0 Å². The molecule has 78 valence electrons. The molecule has 1 aromatic rings. The zero-order valence-electron chi connectivity index (χ0n) is 8.44. The first-order valence-corrected chi connectivity index (χ1v) is 5.62. The van der Waals surface area contributed by atoms with Gasteiger partial charge in [0.15, 0.2) is 0 Å². The second-order valence-electron chi connectivity index (χ2n) is 3.52. The van der Waals surface area contributed by atoms with Gasteiger partial charge in [-0.25, -0.2) is 0 Å². The van der Waals surface area contributed by atoms with Crippen molar-refractivity contribution in [1.29, 1.82) is 0 Å². The topological polar surface area (TPSA) is 6.48 Å². The fourth-order valence-electron chi connectivity index (χ4n) is 1.54. The molecule has 0 saturated carbocycles. The summed E-state index contributed by atoms with van der Waals surface area (Å²) in [7, 11) is 0. The predicted molar refractivity (Wildman–Crippen MR) is 65.9 cm³/mol. The largest absolute Gasteiger partial charge is 0.354 e. The molecule has 0 radical (unpaired) electrons. The molecule has 0 fully saturated rings. The van der Waals surface area contributed by atoms with E-state index in [1.165, 1.54) is 5.56 Å². The summed E-state index contributed by atoms with van der Waals surface area (Å²) in [5.74, 6) is 0. The van der Waals surface area contributed by atoms with Gasteiger partial charge in [-0.1, -0.05) is 36.9 Å². The van der Waals surface area contributed by atoms with E-state index in [1.807, 2.05) is 12.3 Å². The van der Waals surface area contributed by atoms with E-state index in [0.717, 1.165) is 17.8 Å². The molecule has 1 aliphatic heterocycles. The highest BCUT2D eigenvalue weighted by Gasteiger charge is 2.12. The van der Waals surface area contributed by atoms with E-state index >= 15 is 0 Å². The molecule has 0 saturated heterocycles. The Balaban J connectivity index is 1.94. The van der Waals surface area contributed by atoms with Gasteiger partial charge in [-0.2, -0.15) is 0 Å². The van der Waals surface area contributed by atoms with Crippen LogP contribution < -0.4 is 0 Å². The second kappa shape index (κ2) is 4.53. The molecule has 0 aliphatic carbocycles. The van der Waals surface area contributed by atoms with E-state index in [2.05, 4.69) is 62.8 Å². The lowest BCUT2D eigenvalue weighted by atomic mass is 10.2. The van der Waals surface area contributed by atoms with Crippen LogP contribution in [0.4, 0.5) is 0 Å². The van der Waals surface area contributed by atoms with Gasteiger partial charge in [-0.15, -0.1) is 0 Å². The molecule has 0 spiro atoms. The normalized spacial score (nSPS) is 14.7. The van der Waals surface area contributed by atoms with E-state index in [9.17, 15) is 0 Å². The minimum atomic E-state index is 0.860. The Bertz CT molecular complexity index is 372. The first kappa shape index (κ1) is 10.3. The van der Waals surface area contributed by atoms with Crippen molar-refractivity contribution < 1.29 is 0 Å². The monoisotopic (exact) mass is 264 g/mol. The van der Waals surface area contributed by atoms with Crippen molar-refractivity contribution in [3.63, 3.8) is 0 Å². The number of nitrogens with zero attached hydrogens (tertiary/aromatic N) is 2. The SMILES string of the molecule is C=C(Br)N1C=CN(Cc2ccccc2)C1. The molecule has 0 amide bonds. The Labute approximate surface area is 98.6 Å². The first-order chi connectivity index (χ1) is 7.25. The van der Waals surface area contributed by atoms with Crippen molar-refractivity contribution >= 4 is 15.9 Å². The Hall–Kier alpha value is -1.22. The molecule has 2 nitrogen and oxygen atoms in total. The van der Waals surface area contributed by atoms with Gasteiger partial charge in [-0.05, 0) is 21.5 Å². The van der Waals surface area contributed by atoms with Gasteiger partial charge in [-0.3, -0.25) is 0 Å². The highest BCUT2D eigenvalue weighted by Crippen LogP contribution is 2.18. The summed E-state index contributed by atoms with van der Waals surface area (Å²) in [5.41, 5.74) is 1.32. The summed E-state index contributed by atoms with van der Waals surface area (Å²) in [6, 6.07) is 10.4. The van der Waals surface area contributed by atoms with Gasteiger partial charge < -0.3 is 9.80 Å². The highest BCUT2D eigenvalue weighted by atomic mass is 79.9. The number of rotatable bonds is 3. The van der Waals surface area contributed by atoms with E-state index in [1.54, 1.807) is 0 Å². The van der Waals surface area contributed by atoms with Crippen molar-refractivity contribution in [3.05, 3.63) is 59.5 Å². The zero-order valence-corrected chi connectivity index (χ0v) is 10.0. The lowest BCUT2D eigenvalue weighted by molar-refractivity contribution is 0.306. The van der Waals surface area contributed by atoms with Gasteiger partial charge in [0.1, 0.15) is 0 Å². The number of halogens is 1. The Morgan fingerprint density at radius 1 is 1.27 bits per heavy atom. The van der Waals surface area contributed by atoms with Crippen LogP contribution in [0.1, 0.15) is 5.56 Å². The lowest BCUT2D eigenvalue weighted by Gasteiger charge is -2.20. The summed E-state index contributed by atoms with van der Waals surface area (Å²) in [6.07, 6.45) is 4.11. The van der Waals surface area contributed by atoms with Crippen LogP contribution in [-0.2, 0) is 6.54 Å². The summed E-state index contributed by atoms with van der Waals surface area (Å²) < 4.78 is 0.898. The van der Waals surface area contributed by atoms with Crippen LogP contribution in [-0.4, -0.2) is 16.5 Å². The Kier molecular flexibility index (Phi) is 3.11. The second-order valence-corrected chi connectivity index (χ2v) is 4.43. The maximum atomic E-state index is 3.84. The molecule has 0 bridgehead atoms. The molecular formula is C12H13BrN2. The van der Waals surface area contributed by atoms with Gasteiger partial charge >= 0.3 is 0 Å². The van der Waals surface area contributed by atoms with Crippen molar-refractivity contribution in [1.82, 2.24) is 9.80 Å². The van der Waals surface area contributed by atoms with Gasteiger partial charge in [0.25, 0.3) is 0 Å². The van der Waals surface area contributed by atoms with Crippen LogP contribution in [0.15, 0.2) is 53.9 Å². The standard InChI is InChI=1S/C12H13BrN2/c1-11(13)15-8-7-14(10-15)9-12-5-3-2-4-6-12/h2-8H,1,9-10H2. The molecule has 3 heteroatoms. The summed E-state index contributed by atoms with van der Waals surface area (Å²) >= 11 is 3.37. The van der Waals surface area contributed by atoms with Crippen molar-refractivity contribution in [3.8, 4) is 0 Å². The third-order valence-electron chi connectivity index (χ3n) is 2.33. The molecule has 0 unspecified atom stereocenters. The zero-order chi connectivity index (χ0) is 10.7. The van der Waals surface area contributed by atoms with E-state index < -0.39 is 0 Å². The van der Waals surface area contributed by atoms with Gasteiger partial charge in [0.2, 0.25) is 0 Å². The minimum Gasteiger partial charge on any atom is -0.354 e. The van der Waals surface area contributed by atoms with Crippen molar-refractivity contribution in [2.45, 2.75) is 6.54 Å². The fourth-order valence-corrected chi connectivity index (χ4v) is 1.77. The first-order valence-electron chi connectivity index (χ1n) is 4.83. The Morgan fingerprint density at radius 2 is 2.00 bits per heavy atom. The fraction of sp³-hybridized carbons (Fsp3) is 0.167. The number of hydrogen-bond acceptors (Lipinski definition) is 2. The number of benzene rings is 1. The highest BCUT2D eigenvalue weighted by molar-refractivity contribution is 9.11. The molecule has 0 aromatic heterocycles. The van der Waals surface area contributed by atoms with E-state index in [0.29, 0.717) is 0 Å². The third kappa shape index (κ3) is 2.63. The van der Waals surface area contributed by atoms with Gasteiger partial charge in [0.05, 0.1) is 11.3 Å². The summed E-state index contributed by atoms with van der Waals surface area (Å²) in [6.45, 7) is 5.64. The van der Waals surface area contributed by atoms with Gasteiger partial charge in [0, 0.05) is 18.9 Å². The van der Waals surface area contributed by atoms with Crippen LogP contribution >= 0.6 is 15.9 Å². The summed E-state index contributed by atoms with van der Waals surface area (Å²) in [5, 5.41) is 0. The molecule has 1 aliphatic rings. The molecule has 0 N–H and O–H groups in total. The molecule has 0 atom stereocenters. The van der Waals surface area contributed by atoms with E-state index in [4.69, 9.17) is 0 Å². The quantitative estimate of drug-likeness (QED) is 0.775. The van der Waals surface area contributed by atoms with Crippen LogP contribution in [0, 0.1) is 0 Å². The minimum absolute atomic E-state index is 0.860. The number of hydrogen-bond donors (Lipinski definition) is 0. The molecule has 15 heavy (non-hydrogen) atoms. The maximum Gasteiger partial charge on any atom is 0.0950 e. The average Bonchev–Trinajstić information content (AvgIpc) is 2.68. The predicted octanol–water partition coefficient (Wildman–Crippen LogP) is 3.10. The molecule has 2 rings (SSSR count). The average molecular weight is 265 g/mol. The van der Waals surface area contributed by atoms with Crippen LogP contribution in [0.25, 0.3) is 0 Å². The van der Waals surface area contributed by atoms with Crippen molar-refractivity contribution in [2.24, 2.45) is 0 Å². The van der Waals surface area contributed by atoms with E-state index in [-0.39, 0.29) is 0 Å². The van der Waals surface area contributed by atoms with Crippen LogP contribution in [0.2, 0.25) is 0 Å². The summed E-state index contributed by atoms with van der Waals surface area (Å²) in [4.78, 5) is 4.30. The van der Waals surface area contributed by atoms with Crippen molar-refractivity contribution in [2.75, 3.05) is 6.67 Å². The molecular weight excluding hydrogens is 252 g/mol.